The molecule has 0 saturated carbocycles. The lowest BCUT2D eigenvalue weighted by molar-refractivity contribution is -0.119. The second kappa shape index (κ2) is 5.79. The highest BCUT2D eigenvalue weighted by atomic mass is 32.2. The first kappa shape index (κ1) is 13.4. The maximum atomic E-state index is 11.6. The van der Waals surface area contributed by atoms with E-state index in [0.29, 0.717) is 4.91 Å². The highest BCUT2D eigenvalue weighted by Crippen LogP contribution is 2.30. The molecule has 0 spiro atoms. The summed E-state index contributed by atoms with van der Waals surface area (Å²) in [6.45, 7) is 2.08. The van der Waals surface area contributed by atoms with Crippen molar-refractivity contribution in [1.29, 1.82) is 0 Å². The Kier molecular flexibility index (Phi) is 3.87. The number of anilines is 1. The zero-order valence-electron chi connectivity index (χ0n) is 11.2. The number of carbonyl (C=O) groups excluding carboxylic acids is 2. The number of carbonyl (C=O) groups is 2. The van der Waals surface area contributed by atoms with Gasteiger partial charge in [0.2, 0.25) is 5.12 Å². The van der Waals surface area contributed by atoms with Gasteiger partial charge in [-0.25, -0.2) is 4.98 Å². The summed E-state index contributed by atoms with van der Waals surface area (Å²) in [6, 6.07) is 5.83. The Balaban J connectivity index is 1.82. The molecule has 0 amide bonds. The van der Waals surface area contributed by atoms with Crippen LogP contribution in [-0.2, 0) is 9.59 Å². The quantitative estimate of drug-likeness (QED) is 0.618. The summed E-state index contributed by atoms with van der Waals surface area (Å²) in [5.74, 6) is 0.867. The minimum atomic E-state index is -0.0924. The van der Waals surface area contributed by atoms with E-state index in [1.54, 1.807) is 6.08 Å². The number of hydrogen-bond acceptors (Lipinski definition) is 5. The zero-order chi connectivity index (χ0) is 13.9. The topological polar surface area (TPSA) is 50.3 Å². The van der Waals surface area contributed by atoms with Crippen molar-refractivity contribution >= 4 is 34.6 Å². The van der Waals surface area contributed by atoms with Gasteiger partial charge in [-0.05, 0) is 49.2 Å². The Morgan fingerprint density at radius 3 is 2.65 bits per heavy atom. The molecule has 104 valence electrons. The molecule has 20 heavy (non-hydrogen) atoms. The van der Waals surface area contributed by atoms with Crippen LogP contribution in [-0.4, -0.2) is 29.0 Å². The molecule has 3 rings (SSSR count). The monoisotopic (exact) mass is 288 g/mol. The van der Waals surface area contributed by atoms with Crippen LogP contribution in [0, 0.1) is 0 Å². The number of rotatable bonds is 2. The van der Waals surface area contributed by atoms with Crippen LogP contribution in [0.4, 0.5) is 5.82 Å². The van der Waals surface area contributed by atoms with Gasteiger partial charge in [0.1, 0.15) is 5.82 Å². The average molecular weight is 288 g/mol. The molecule has 0 N–H and O–H groups in total. The van der Waals surface area contributed by atoms with Crippen LogP contribution in [0.5, 0.6) is 0 Å². The highest BCUT2D eigenvalue weighted by molar-refractivity contribution is 8.18. The number of pyridine rings is 1. The number of Topliss-reactive ketones (excluding diaryl/α,β-unsaturated/α-hetero) is 1. The van der Waals surface area contributed by atoms with Gasteiger partial charge >= 0.3 is 0 Å². The van der Waals surface area contributed by atoms with Crippen molar-refractivity contribution in [3.8, 4) is 0 Å². The molecule has 1 aromatic rings. The number of ketones is 1. The predicted molar refractivity (Wildman–Crippen MR) is 80.5 cm³/mol. The summed E-state index contributed by atoms with van der Waals surface area (Å²) >= 11 is 1.03. The fraction of sp³-hybridized carbons (Fsp3) is 0.400. The van der Waals surface area contributed by atoms with E-state index >= 15 is 0 Å². The van der Waals surface area contributed by atoms with Crippen molar-refractivity contribution in [3.05, 3.63) is 28.8 Å². The van der Waals surface area contributed by atoms with Gasteiger partial charge in [0.15, 0.2) is 5.78 Å². The van der Waals surface area contributed by atoms with Crippen molar-refractivity contribution in [2.75, 3.05) is 18.0 Å². The molecule has 0 bridgehead atoms. The molecule has 2 saturated heterocycles. The van der Waals surface area contributed by atoms with Crippen LogP contribution in [0.2, 0.25) is 0 Å². The SMILES string of the molecule is O=C1CC(=O)/C(=C/c2cccc(N3CCCCC3)n2)S1. The Labute approximate surface area is 122 Å². The molecule has 2 aliphatic heterocycles. The minimum absolute atomic E-state index is 0.0162. The van der Waals surface area contributed by atoms with E-state index in [1.165, 1.54) is 19.3 Å². The van der Waals surface area contributed by atoms with Gasteiger partial charge in [0.05, 0.1) is 17.0 Å². The molecule has 4 nitrogen and oxygen atoms in total. The van der Waals surface area contributed by atoms with Crippen molar-refractivity contribution in [2.24, 2.45) is 0 Å². The van der Waals surface area contributed by atoms with Crippen molar-refractivity contribution in [2.45, 2.75) is 25.7 Å². The van der Waals surface area contributed by atoms with E-state index in [4.69, 9.17) is 0 Å². The lowest BCUT2D eigenvalue weighted by atomic mass is 10.1. The van der Waals surface area contributed by atoms with Crippen molar-refractivity contribution in [1.82, 2.24) is 4.98 Å². The highest BCUT2D eigenvalue weighted by Gasteiger charge is 2.26. The van der Waals surface area contributed by atoms with E-state index in [-0.39, 0.29) is 17.3 Å². The fourth-order valence-electron chi connectivity index (χ4n) is 2.50. The number of piperidine rings is 1. The van der Waals surface area contributed by atoms with Gasteiger partial charge < -0.3 is 4.90 Å². The molecule has 3 heterocycles. The van der Waals surface area contributed by atoms with Crippen LogP contribution in [0.3, 0.4) is 0 Å². The van der Waals surface area contributed by atoms with Gasteiger partial charge in [-0.15, -0.1) is 0 Å². The molecule has 1 aromatic heterocycles. The first-order valence-electron chi connectivity index (χ1n) is 6.90. The summed E-state index contributed by atoms with van der Waals surface area (Å²) in [5.41, 5.74) is 0.749. The standard InChI is InChI=1S/C15H16N2O2S/c18-12-10-15(19)20-13(12)9-11-5-4-6-14(16-11)17-7-2-1-3-8-17/h4-6,9H,1-3,7-8,10H2/b13-9-. The Morgan fingerprint density at radius 1 is 1.15 bits per heavy atom. The van der Waals surface area contributed by atoms with Gasteiger partial charge in [0, 0.05) is 13.1 Å². The lowest BCUT2D eigenvalue weighted by Gasteiger charge is -2.27. The minimum Gasteiger partial charge on any atom is -0.357 e. The number of nitrogens with zero attached hydrogens (tertiary/aromatic N) is 2. The van der Waals surface area contributed by atoms with E-state index in [2.05, 4.69) is 9.88 Å². The molecule has 0 unspecified atom stereocenters. The van der Waals surface area contributed by atoms with Gasteiger partial charge in [-0.3, -0.25) is 9.59 Å². The third kappa shape index (κ3) is 2.93. The molecule has 0 atom stereocenters. The number of thioether (sulfide) groups is 1. The molecule has 2 fully saturated rings. The lowest BCUT2D eigenvalue weighted by Crippen LogP contribution is -2.30. The summed E-state index contributed by atoms with van der Waals surface area (Å²) in [6.07, 6.45) is 5.44. The van der Waals surface area contributed by atoms with Gasteiger partial charge in [-0.1, -0.05) is 6.07 Å². The largest absolute Gasteiger partial charge is 0.357 e. The van der Waals surface area contributed by atoms with Crippen molar-refractivity contribution in [3.63, 3.8) is 0 Å². The van der Waals surface area contributed by atoms with Crippen LogP contribution >= 0.6 is 11.8 Å². The second-order valence-electron chi connectivity index (χ2n) is 5.05. The summed E-state index contributed by atoms with van der Waals surface area (Å²) in [5, 5.41) is -0.0755. The normalized spacial score (nSPS) is 21.8. The molecular weight excluding hydrogens is 272 g/mol. The predicted octanol–water partition coefficient (Wildman–Crippen LogP) is 2.65. The fourth-order valence-corrected chi connectivity index (χ4v) is 3.31. The Bertz CT molecular complexity index is 577. The first-order chi connectivity index (χ1) is 9.72. The summed E-state index contributed by atoms with van der Waals surface area (Å²) in [4.78, 5) is 30.3. The number of hydrogen-bond donors (Lipinski definition) is 0. The molecule has 0 radical (unpaired) electrons. The van der Waals surface area contributed by atoms with E-state index in [9.17, 15) is 9.59 Å². The van der Waals surface area contributed by atoms with E-state index in [1.807, 2.05) is 18.2 Å². The molecule has 0 aliphatic carbocycles. The number of allylic oxidation sites excluding steroid dienone is 1. The van der Waals surface area contributed by atoms with Crippen LogP contribution in [0.15, 0.2) is 23.1 Å². The average Bonchev–Trinajstić information content (AvgIpc) is 2.78. The molecular formula is C15H16N2O2S. The molecule has 2 aliphatic rings. The smallest absolute Gasteiger partial charge is 0.201 e. The third-order valence-electron chi connectivity index (χ3n) is 3.52. The Hall–Kier alpha value is -1.62. The third-order valence-corrected chi connectivity index (χ3v) is 4.46. The second-order valence-corrected chi connectivity index (χ2v) is 6.15. The molecule has 0 aromatic carbocycles. The van der Waals surface area contributed by atoms with Crippen LogP contribution in [0.1, 0.15) is 31.4 Å². The van der Waals surface area contributed by atoms with Crippen LogP contribution in [0.25, 0.3) is 6.08 Å². The van der Waals surface area contributed by atoms with Crippen LogP contribution < -0.4 is 4.90 Å². The number of aromatic nitrogens is 1. The first-order valence-corrected chi connectivity index (χ1v) is 7.71. The van der Waals surface area contributed by atoms with Gasteiger partial charge in [0.25, 0.3) is 0 Å². The zero-order valence-corrected chi connectivity index (χ0v) is 12.0. The summed E-state index contributed by atoms with van der Waals surface area (Å²) < 4.78 is 0. The summed E-state index contributed by atoms with van der Waals surface area (Å²) in [7, 11) is 0. The maximum absolute atomic E-state index is 11.6. The Morgan fingerprint density at radius 2 is 1.95 bits per heavy atom. The van der Waals surface area contributed by atoms with E-state index < -0.39 is 0 Å². The van der Waals surface area contributed by atoms with Crippen molar-refractivity contribution < 1.29 is 9.59 Å². The maximum Gasteiger partial charge on any atom is 0.201 e. The van der Waals surface area contributed by atoms with E-state index in [0.717, 1.165) is 36.4 Å². The van der Waals surface area contributed by atoms with Gasteiger partial charge in [-0.2, -0.15) is 0 Å². The molecule has 5 heteroatoms.